The Kier molecular flexibility index (Phi) is 4.29. The molecule has 1 N–H and O–H groups in total. The molecule has 1 rings (SSSR count). The van der Waals surface area contributed by atoms with Crippen molar-refractivity contribution in [3.8, 4) is 0 Å². The van der Waals surface area contributed by atoms with Gasteiger partial charge in [-0.05, 0) is 18.5 Å². The van der Waals surface area contributed by atoms with Crippen LogP contribution in [0.25, 0.3) is 0 Å². The molecule has 68 valence electrons. The number of nitrogens with one attached hydrogen (secondary N) is 1. The van der Waals surface area contributed by atoms with Gasteiger partial charge < -0.3 is 10.1 Å². The van der Waals surface area contributed by atoms with Crippen LogP contribution in [0.5, 0.6) is 0 Å². The highest BCUT2D eigenvalue weighted by molar-refractivity contribution is 7.10. The zero-order valence-electron chi connectivity index (χ0n) is 7.54. The van der Waals surface area contributed by atoms with Crippen molar-refractivity contribution >= 4 is 11.3 Å². The monoisotopic (exact) mass is 185 g/mol. The van der Waals surface area contributed by atoms with Gasteiger partial charge in [0.15, 0.2) is 0 Å². The summed E-state index contributed by atoms with van der Waals surface area (Å²) in [7, 11) is 3.71. The maximum absolute atomic E-state index is 5.15. The van der Waals surface area contributed by atoms with E-state index in [1.54, 1.807) is 18.4 Å². The fourth-order valence-corrected chi connectivity index (χ4v) is 2.03. The summed E-state index contributed by atoms with van der Waals surface area (Å²) in [5.74, 6) is 0.500. The molecule has 0 spiro atoms. The van der Waals surface area contributed by atoms with Crippen LogP contribution in [0.1, 0.15) is 10.8 Å². The van der Waals surface area contributed by atoms with E-state index in [0.717, 1.165) is 13.2 Å². The fraction of sp³-hybridized carbons (Fsp3) is 0.556. The second kappa shape index (κ2) is 5.30. The molecule has 0 saturated carbocycles. The number of rotatable bonds is 5. The fourth-order valence-electron chi connectivity index (χ4n) is 1.21. The van der Waals surface area contributed by atoms with Crippen molar-refractivity contribution in [2.75, 3.05) is 27.3 Å². The summed E-state index contributed by atoms with van der Waals surface area (Å²) in [4.78, 5) is 1.39. The Bertz CT molecular complexity index is 192. The van der Waals surface area contributed by atoms with E-state index >= 15 is 0 Å². The number of hydrogen-bond donors (Lipinski definition) is 1. The second-order valence-corrected chi connectivity index (χ2v) is 3.70. The number of thiophene rings is 1. The quantitative estimate of drug-likeness (QED) is 0.754. The molecule has 0 radical (unpaired) electrons. The standard InChI is InChI=1S/C9H15NOS/c1-10-6-8(7-11-2)9-4-3-5-12-9/h3-5,8,10H,6-7H2,1-2H3. The van der Waals surface area contributed by atoms with Gasteiger partial charge in [0.2, 0.25) is 0 Å². The van der Waals surface area contributed by atoms with Crippen LogP contribution >= 0.6 is 11.3 Å². The molecule has 1 aromatic heterocycles. The number of likely N-dealkylation sites (N-methyl/N-ethyl adjacent to an activating group) is 1. The first-order chi connectivity index (χ1) is 5.88. The average Bonchev–Trinajstić information content (AvgIpc) is 2.56. The molecule has 0 aliphatic carbocycles. The summed E-state index contributed by atoms with van der Waals surface area (Å²) >= 11 is 1.79. The second-order valence-electron chi connectivity index (χ2n) is 2.73. The number of hydrogen-bond acceptors (Lipinski definition) is 3. The van der Waals surface area contributed by atoms with E-state index in [-0.39, 0.29) is 0 Å². The van der Waals surface area contributed by atoms with Crippen LogP contribution in [0.4, 0.5) is 0 Å². The summed E-state index contributed by atoms with van der Waals surface area (Å²) in [6, 6.07) is 4.24. The largest absolute Gasteiger partial charge is 0.384 e. The van der Waals surface area contributed by atoms with E-state index in [0.29, 0.717) is 5.92 Å². The molecule has 0 bridgehead atoms. The van der Waals surface area contributed by atoms with E-state index in [2.05, 4.69) is 22.8 Å². The van der Waals surface area contributed by atoms with Crippen molar-refractivity contribution in [3.63, 3.8) is 0 Å². The van der Waals surface area contributed by atoms with E-state index in [1.807, 2.05) is 7.05 Å². The van der Waals surface area contributed by atoms with Crippen LogP contribution < -0.4 is 5.32 Å². The summed E-state index contributed by atoms with van der Waals surface area (Å²) in [5, 5.41) is 5.27. The van der Waals surface area contributed by atoms with Crippen LogP contribution in [0, 0.1) is 0 Å². The molecular weight excluding hydrogens is 170 g/mol. The Morgan fingerprint density at radius 1 is 1.67 bits per heavy atom. The molecule has 0 aliphatic rings. The van der Waals surface area contributed by atoms with Gasteiger partial charge >= 0.3 is 0 Å². The maximum Gasteiger partial charge on any atom is 0.0551 e. The van der Waals surface area contributed by atoms with Crippen molar-refractivity contribution < 1.29 is 4.74 Å². The molecule has 0 saturated heterocycles. The van der Waals surface area contributed by atoms with Gasteiger partial charge in [-0.1, -0.05) is 6.07 Å². The maximum atomic E-state index is 5.15. The van der Waals surface area contributed by atoms with Gasteiger partial charge in [0.1, 0.15) is 0 Å². The zero-order valence-corrected chi connectivity index (χ0v) is 8.36. The van der Waals surface area contributed by atoms with Gasteiger partial charge in [-0.25, -0.2) is 0 Å². The topological polar surface area (TPSA) is 21.3 Å². The Balaban J connectivity index is 2.53. The van der Waals surface area contributed by atoms with Crippen LogP contribution in [-0.4, -0.2) is 27.3 Å². The molecule has 0 amide bonds. The minimum Gasteiger partial charge on any atom is -0.384 e. The third kappa shape index (κ3) is 2.59. The van der Waals surface area contributed by atoms with Crippen molar-refractivity contribution in [2.45, 2.75) is 5.92 Å². The predicted octanol–water partition coefficient (Wildman–Crippen LogP) is 1.70. The molecule has 3 heteroatoms. The molecule has 2 nitrogen and oxygen atoms in total. The molecule has 0 aromatic carbocycles. The summed E-state index contributed by atoms with van der Waals surface area (Å²) in [6.45, 7) is 1.77. The zero-order chi connectivity index (χ0) is 8.81. The van der Waals surface area contributed by atoms with Crippen LogP contribution in [0.15, 0.2) is 17.5 Å². The molecule has 0 fully saturated rings. The van der Waals surface area contributed by atoms with Gasteiger partial charge in [0.25, 0.3) is 0 Å². The average molecular weight is 185 g/mol. The van der Waals surface area contributed by atoms with Crippen LogP contribution in [0.3, 0.4) is 0 Å². The highest BCUT2D eigenvalue weighted by Gasteiger charge is 2.10. The van der Waals surface area contributed by atoms with Gasteiger partial charge in [-0.2, -0.15) is 0 Å². The normalized spacial score (nSPS) is 13.2. The van der Waals surface area contributed by atoms with Crippen LogP contribution in [-0.2, 0) is 4.74 Å². The smallest absolute Gasteiger partial charge is 0.0551 e. The lowest BCUT2D eigenvalue weighted by Gasteiger charge is -2.12. The van der Waals surface area contributed by atoms with Gasteiger partial charge in [-0.15, -0.1) is 11.3 Å². The molecule has 1 aromatic rings. The first kappa shape index (κ1) is 9.71. The van der Waals surface area contributed by atoms with Crippen molar-refractivity contribution in [1.29, 1.82) is 0 Å². The Hall–Kier alpha value is -0.380. The van der Waals surface area contributed by atoms with Crippen molar-refractivity contribution in [2.24, 2.45) is 0 Å². The van der Waals surface area contributed by atoms with Gasteiger partial charge in [0, 0.05) is 24.4 Å². The molecule has 1 unspecified atom stereocenters. The van der Waals surface area contributed by atoms with E-state index in [9.17, 15) is 0 Å². The van der Waals surface area contributed by atoms with Crippen molar-refractivity contribution in [3.05, 3.63) is 22.4 Å². The third-order valence-electron chi connectivity index (χ3n) is 1.76. The minimum absolute atomic E-state index is 0.500. The third-order valence-corrected chi connectivity index (χ3v) is 2.80. The molecule has 0 aliphatic heterocycles. The number of methoxy groups -OCH3 is 1. The van der Waals surface area contributed by atoms with E-state index in [4.69, 9.17) is 4.74 Å². The predicted molar refractivity (Wildman–Crippen MR) is 52.9 cm³/mol. The lowest BCUT2D eigenvalue weighted by Crippen LogP contribution is -2.20. The van der Waals surface area contributed by atoms with E-state index in [1.165, 1.54) is 4.88 Å². The van der Waals surface area contributed by atoms with Crippen molar-refractivity contribution in [1.82, 2.24) is 5.32 Å². The molecule has 1 atom stereocenters. The SMILES string of the molecule is CNCC(COC)c1cccs1. The first-order valence-corrected chi connectivity index (χ1v) is 4.93. The summed E-state index contributed by atoms with van der Waals surface area (Å²) in [5.41, 5.74) is 0. The summed E-state index contributed by atoms with van der Waals surface area (Å²) in [6.07, 6.45) is 0. The molecular formula is C9H15NOS. The Labute approximate surface area is 77.6 Å². The lowest BCUT2D eigenvalue weighted by molar-refractivity contribution is 0.179. The highest BCUT2D eigenvalue weighted by atomic mass is 32.1. The highest BCUT2D eigenvalue weighted by Crippen LogP contribution is 2.20. The van der Waals surface area contributed by atoms with Crippen LogP contribution in [0.2, 0.25) is 0 Å². The lowest BCUT2D eigenvalue weighted by atomic mass is 10.1. The minimum atomic E-state index is 0.500. The summed E-state index contributed by atoms with van der Waals surface area (Å²) < 4.78 is 5.15. The molecule has 12 heavy (non-hydrogen) atoms. The number of ether oxygens (including phenoxy) is 1. The van der Waals surface area contributed by atoms with E-state index < -0.39 is 0 Å². The van der Waals surface area contributed by atoms with Gasteiger partial charge in [0.05, 0.1) is 6.61 Å². The Morgan fingerprint density at radius 3 is 3.00 bits per heavy atom. The first-order valence-electron chi connectivity index (χ1n) is 4.05. The molecule has 1 heterocycles. The Morgan fingerprint density at radius 2 is 2.50 bits per heavy atom. The van der Waals surface area contributed by atoms with Gasteiger partial charge in [-0.3, -0.25) is 0 Å².